The quantitative estimate of drug-likeness (QED) is 0.194. The average molecular weight is 779 g/mol. The van der Waals surface area contributed by atoms with E-state index in [4.69, 9.17) is 0 Å². The van der Waals surface area contributed by atoms with Crippen LogP contribution in [0.1, 0.15) is 225 Å². The largest absolute Gasteiger partial charge is 0.0859 e. The van der Waals surface area contributed by atoms with Crippen molar-refractivity contribution in [2.75, 3.05) is 0 Å². The molecule has 8 rings (SSSR count). The molecule has 0 aliphatic heterocycles. The van der Waals surface area contributed by atoms with Crippen molar-refractivity contribution >= 4 is 0 Å². The lowest BCUT2D eigenvalue weighted by Crippen LogP contribution is -2.55. The molecule has 0 aromatic carbocycles. The molecule has 0 nitrogen and oxygen atoms in total. The minimum atomic E-state index is 0.422. The van der Waals surface area contributed by atoms with Gasteiger partial charge in [0.05, 0.1) is 0 Å². The van der Waals surface area contributed by atoms with Gasteiger partial charge in [-0.15, -0.1) is 0 Å². The van der Waals surface area contributed by atoms with Gasteiger partial charge in [-0.05, 0) is 227 Å². The van der Waals surface area contributed by atoms with Crippen molar-refractivity contribution in [3.05, 3.63) is 34.4 Å². The first-order valence-electron chi connectivity index (χ1n) is 25.9. The van der Waals surface area contributed by atoms with Gasteiger partial charge in [-0.25, -0.2) is 0 Å². The van der Waals surface area contributed by atoms with Gasteiger partial charge in [-0.3, -0.25) is 0 Å². The van der Waals surface area contributed by atoms with Crippen LogP contribution in [0.3, 0.4) is 0 Å². The highest BCUT2D eigenvalue weighted by Crippen LogP contribution is 2.74. The smallest absolute Gasteiger partial charge is 0.00568 e. The molecule has 0 aromatic heterocycles. The fourth-order valence-corrected chi connectivity index (χ4v) is 19.4. The second kappa shape index (κ2) is 15.2. The lowest BCUT2D eigenvalue weighted by molar-refractivity contribution is -0.0873. The molecule has 322 valence electrons. The topological polar surface area (TPSA) is 0 Å². The minimum Gasteiger partial charge on any atom is -0.0859 e. The van der Waals surface area contributed by atoms with Crippen LogP contribution in [0.5, 0.6) is 0 Å². The number of rotatable bonds is 10. The van der Waals surface area contributed by atoms with Crippen LogP contribution in [0.15, 0.2) is 34.4 Å². The van der Waals surface area contributed by atoms with E-state index >= 15 is 0 Å². The van der Waals surface area contributed by atoms with Gasteiger partial charge in [-0.1, -0.05) is 130 Å². The number of hydrogen-bond acceptors (Lipinski definition) is 0. The molecule has 0 N–H and O–H groups in total. The van der Waals surface area contributed by atoms with Crippen molar-refractivity contribution in [1.82, 2.24) is 0 Å². The molecular weight excluding hydrogens is 685 g/mol. The molecule has 6 unspecified atom stereocenters. The summed E-state index contributed by atoms with van der Waals surface area (Å²) in [6.45, 7) is 34.2. The molecule has 15 atom stereocenters. The summed E-state index contributed by atoms with van der Waals surface area (Å²) >= 11 is 0. The monoisotopic (exact) mass is 779 g/mol. The van der Waals surface area contributed by atoms with Crippen LogP contribution in [-0.2, 0) is 0 Å². The molecule has 5 saturated carbocycles. The SMILES string of the molecule is CC(C)=CCC[C@@H](C)[C@H]1CC[C@@]2(C)C3=C(CC[C@@]12C)[C@@]1(C)CCC(C2CC[C@@]4(C)C(=CCC5C4CC[C@@]4(C)C5CC[C@@H]4[C@H](C)CCCC(C)C)C2)C(C)(C)C1CC3. The molecule has 0 heterocycles. The van der Waals surface area contributed by atoms with Crippen molar-refractivity contribution in [1.29, 1.82) is 0 Å². The number of hydrogen-bond donors (Lipinski definition) is 0. The predicted octanol–water partition coefficient (Wildman–Crippen LogP) is 17.4. The van der Waals surface area contributed by atoms with E-state index in [-0.39, 0.29) is 0 Å². The first-order valence-corrected chi connectivity index (χ1v) is 25.9. The van der Waals surface area contributed by atoms with Crippen molar-refractivity contribution in [2.24, 2.45) is 97.6 Å². The molecule has 0 aromatic rings. The summed E-state index contributed by atoms with van der Waals surface area (Å²) in [5.74, 6) is 10.0. The van der Waals surface area contributed by atoms with Crippen LogP contribution >= 0.6 is 0 Å². The third kappa shape index (κ3) is 6.66. The van der Waals surface area contributed by atoms with E-state index in [1.165, 1.54) is 140 Å². The summed E-state index contributed by atoms with van der Waals surface area (Å²) in [5.41, 5.74) is 10.3. The van der Waals surface area contributed by atoms with Crippen LogP contribution in [-0.4, -0.2) is 0 Å². The molecule has 0 bridgehead atoms. The second-order valence-corrected chi connectivity index (χ2v) is 26.0. The highest BCUT2D eigenvalue weighted by Gasteiger charge is 2.65. The molecule has 8 aliphatic carbocycles. The maximum atomic E-state index is 2.91. The van der Waals surface area contributed by atoms with Gasteiger partial charge in [0.25, 0.3) is 0 Å². The van der Waals surface area contributed by atoms with E-state index in [1.54, 1.807) is 0 Å². The van der Waals surface area contributed by atoms with Gasteiger partial charge in [0, 0.05) is 0 Å². The summed E-state index contributed by atoms with van der Waals surface area (Å²) in [7, 11) is 0. The number of allylic oxidation sites excluding steroid dienone is 6. The average Bonchev–Trinajstić information content (AvgIpc) is 3.64. The number of fused-ring (bicyclic) bond motifs is 9. The van der Waals surface area contributed by atoms with Gasteiger partial charge in [0.2, 0.25) is 0 Å². The van der Waals surface area contributed by atoms with E-state index in [1.807, 2.05) is 16.7 Å². The molecule has 0 radical (unpaired) electrons. The standard InChI is InChI=1S/C57H94/c1-37(2)16-14-18-39(5)44-22-23-47-43-21-20-42-36-41(26-31-53(42,9)48(43)28-32-54(44,47)10)46-27-33-55(11)49-30-35-56(12)45(40(6)19-15-17-38(3)4)29-34-57(56,13)50(49)24-25-51(55)52(46,7)8/h17,20,37,39-41,43-48,51H,14-16,18-19,21-36H2,1-13H3/t39-,40-,41?,43?,44-,45-,46?,47?,48?,51?,53+,54-,55-,56+,57+/m1/s1. The van der Waals surface area contributed by atoms with Crippen LogP contribution in [0.2, 0.25) is 0 Å². The van der Waals surface area contributed by atoms with Crippen LogP contribution < -0.4 is 0 Å². The zero-order chi connectivity index (χ0) is 40.9. The maximum Gasteiger partial charge on any atom is -0.00568 e. The third-order valence-corrected chi connectivity index (χ3v) is 22.7. The fourth-order valence-electron chi connectivity index (χ4n) is 19.4. The van der Waals surface area contributed by atoms with E-state index in [9.17, 15) is 0 Å². The van der Waals surface area contributed by atoms with E-state index < -0.39 is 0 Å². The summed E-state index contributed by atoms with van der Waals surface area (Å²) in [6, 6.07) is 0. The normalized spacial score (nSPS) is 47.2. The highest BCUT2D eigenvalue weighted by molar-refractivity contribution is 5.39. The van der Waals surface area contributed by atoms with E-state index in [0.29, 0.717) is 32.5 Å². The Morgan fingerprint density at radius 3 is 2.12 bits per heavy atom. The van der Waals surface area contributed by atoms with Gasteiger partial charge in [-0.2, -0.15) is 0 Å². The summed E-state index contributed by atoms with van der Waals surface area (Å²) in [5, 5.41) is 0. The van der Waals surface area contributed by atoms with Crippen LogP contribution in [0, 0.1) is 97.6 Å². The lowest BCUT2D eigenvalue weighted by atomic mass is 9.40. The molecule has 8 aliphatic rings. The van der Waals surface area contributed by atoms with Crippen LogP contribution in [0.25, 0.3) is 0 Å². The minimum absolute atomic E-state index is 0.422. The van der Waals surface area contributed by atoms with E-state index in [0.717, 1.165) is 65.1 Å². The summed E-state index contributed by atoms with van der Waals surface area (Å²) < 4.78 is 0. The Balaban J connectivity index is 0.960. The van der Waals surface area contributed by atoms with Crippen molar-refractivity contribution < 1.29 is 0 Å². The maximum absolute atomic E-state index is 2.91. The molecule has 0 heteroatoms. The molecule has 5 fully saturated rings. The Kier molecular flexibility index (Phi) is 11.5. The highest BCUT2D eigenvalue weighted by atomic mass is 14.7. The fraction of sp³-hybridized carbons (Fsp3) is 0.895. The van der Waals surface area contributed by atoms with Crippen LogP contribution in [0.4, 0.5) is 0 Å². The van der Waals surface area contributed by atoms with Crippen molar-refractivity contribution in [3.8, 4) is 0 Å². The van der Waals surface area contributed by atoms with Gasteiger partial charge < -0.3 is 0 Å². The zero-order valence-electron chi connectivity index (χ0n) is 40.4. The zero-order valence-corrected chi connectivity index (χ0v) is 40.4. The second-order valence-electron chi connectivity index (χ2n) is 26.0. The summed E-state index contributed by atoms with van der Waals surface area (Å²) in [6.07, 6.45) is 35.9. The molecule has 0 spiro atoms. The van der Waals surface area contributed by atoms with Crippen molar-refractivity contribution in [3.63, 3.8) is 0 Å². The lowest BCUT2D eigenvalue weighted by Gasteiger charge is -2.64. The molecule has 0 saturated heterocycles. The molecular formula is C57H94. The Labute approximate surface area is 355 Å². The molecule has 0 amide bonds. The van der Waals surface area contributed by atoms with Crippen molar-refractivity contribution in [2.45, 2.75) is 225 Å². The Morgan fingerprint density at radius 2 is 1.39 bits per heavy atom. The predicted molar refractivity (Wildman–Crippen MR) is 247 cm³/mol. The van der Waals surface area contributed by atoms with Gasteiger partial charge in [0.15, 0.2) is 0 Å². The third-order valence-electron chi connectivity index (χ3n) is 22.7. The van der Waals surface area contributed by atoms with Gasteiger partial charge >= 0.3 is 0 Å². The molecule has 57 heavy (non-hydrogen) atoms. The van der Waals surface area contributed by atoms with E-state index in [2.05, 4.69) is 102 Å². The Bertz CT molecular complexity index is 1580. The first-order chi connectivity index (χ1) is 26.8. The Morgan fingerprint density at radius 1 is 0.667 bits per heavy atom. The summed E-state index contributed by atoms with van der Waals surface area (Å²) in [4.78, 5) is 0. The Hall–Kier alpha value is -0.780. The first kappa shape index (κ1) is 42.9. The van der Waals surface area contributed by atoms with Gasteiger partial charge in [0.1, 0.15) is 0 Å².